The molecule has 0 saturated carbocycles. The maximum atomic E-state index is 12.9. The molecule has 3 heterocycles. The number of aliphatic carboxylic acids is 1. The molecule has 9 N–H and O–H groups in total. The van der Waals surface area contributed by atoms with Crippen LogP contribution in [0.15, 0.2) is 24.3 Å². The lowest BCUT2D eigenvalue weighted by Crippen LogP contribution is -2.70. The van der Waals surface area contributed by atoms with Gasteiger partial charge in [0.05, 0.1) is 19.8 Å². The molecule has 0 bridgehead atoms. The molecule has 1 aromatic carbocycles. The molecule has 3 aliphatic rings. The summed E-state index contributed by atoms with van der Waals surface area (Å²) >= 11 is 0. The van der Waals surface area contributed by atoms with E-state index in [4.69, 9.17) is 37.7 Å². The quantitative estimate of drug-likeness (QED) is 0.0623. The Labute approximate surface area is 345 Å². The highest BCUT2D eigenvalue weighted by atomic mass is 32.3. The average molecular weight is 970 g/mol. The van der Waals surface area contributed by atoms with Crippen molar-refractivity contribution in [2.24, 2.45) is 0 Å². The number of benzene rings is 1. The molecule has 0 unspecified atom stereocenters. The minimum absolute atomic E-state index is 0.140. The highest BCUT2D eigenvalue weighted by molar-refractivity contribution is 7.81. The van der Waals surface area contributed by atoms with Gasteiger partial charge in [0, 0.05) is 6.92 Å². The summed E-state index contributed by atoms with van der Waals surface area (Å²) in [6.07, 6.45) is -33.1. The van der Waals surface area contributed by atoms with Gasteiger partial charge in [-0.15, -0.1) is 0 Å². The van der Waals surface area contributed by atoms with Gasteiger partial charge >= 0.3 is 47.6 Å². The van der Waals surface area contributed by atoms with Gasteiger partial charge in [-0.3, -0.25) is 23.0 Å². The van der Waals surface area contributed by atoms with Crippen molar-refractivity contribution in [1.29, 1.82) is 0 Å². The third-order valence-corrected chi connectivity index (χ3v) is 10.4. The van der Waals surface area contributed by atoms with Crippen LogP contribution in [0.1, 0.15) is 13.8 Å². The van der Waals surface area contributed by atoms with Crippen LogP contribution in [0.5, 0.6) is 11.5 Å². The van der Waals surface area contributed by atoms with Gasteiger partial charge in [-0.25, -0.2) is 21.5 Å². The number of carbonyl (C=O) groups is 2. The summed E-state index contributed by atoms with van der Waals surface area (Å²) in [7, 11) is -20.7. The normalized spacial score (nSPS) is 35.2. The summed E-state index contributed by atoms with van der Waals surface area (Å²) in [5.41, 5.74) is 0. The zero-order chi connectivity index (χ0) is 46.0. The fourth-order valence-corrected chi connectivity index (χ4v) is 7.98. The number of aliphatic hydroxyl groups is 3. The predicted molar refractivity (Wildman–Crippen MR) is 185 cm³/mol. The molecular weight excluding hydrogens is 931 g/mol. The van der Waals surface area contributed by atoms with Gasteiger partial charge in [0.25, 0.3) is 0 Å². The molecule has 15 atom stereocenters. The molecule has 3 saturated heterocycles. The number of aliphatic hydroxyl groups excluding tert-OH is 3. The Morgan fingerprint density at radius 3 is 1.69 bits per heavy atom. The van der Waals surface area contributed by atoms with Crippen LogP contribution >= 0.6 is 0 Å². The van der Waals surface area contributed by atoms with Crippen molar-refractivity contribution >= 4 is 53.5 Å². The Kier molecular flexibility index (Phi) is 16.4. The molecule has 1 aromatic rings. The summed E-state index contributed by atoms with van der Waals surface area (Å²) in [5, 5.41) is 46.4. The molecule has 0 aromatic heterocycles. The van der Waals surface area contributed by atoms with Crippen molar-refractivity contribution in [2.75, 3.05) is 13.7 Å². The van der Waals surface area contributed by atoms with E-state index in [1.54, 1.807) is 0 Å². The first-order chi connectivity index (χ1) is 28.0. The van der Waals surface area contributed by atoms with Crippen LogP contribution in [-0.4, -0.2) is 190 Å². The summed E-state index contributed by atoms with van der Waals surface area (Å²) in [5.74, 6) is -2.89. The first kappa shape index (κ1) is 50.6. The fourth-order valence-electron chi connectivity index (χ4n) is 6.12. The molecule has 30 nitrogen and oxygen atoms in total. The molecule has 34 heteroatoms. The van der Waals surface area contributed by atoms with Crippen molar-refractivity contribution < 1.29 is 132 Å². The Morgan fingerprint density at radius 2 is 1.18 bits per heavy atom. The Hall–Kier alpha value is -3.08. The molecule has 0 radical (unpaired) electrons. The van der Waals surface area contributed by atoms with Crippen LogP contribution in [0.3, 0.4) is 0 Å². The van der Waals surface area contributed by atoms with E-state index in [9.17, 15) is 77.3 Å². The number of hydrogen-bond donors (Lipinski definition) is 9. The summed E-state index contributed by atoms with van der Waals surface area (Å²) < 4.78 is 187. The second-order valence-corrected chi connectivity index (χ2v) is 17.1. The predicted octanol–water partition coefficient (Wildman–Crippen LogP) is -4.91. The minimum Gasteiger partial charge on any atom is -0.497 e. The van der Waals surface area contributed by atoms with E-state index >= 15 is 0 Å². The van der Waals surface area contributed by atoms with Crippen molar-refractivity contribution in [3.63, 3.8) is 0 Å². The number of carboxylic acid groups (broad SMARTS) is 1. The standard InChI is InChI=1S/C27H39NO29S4/c1-9-18(55-59(38,39)40)16(31)21(57-61(44,45)46)27(49-9)52-20-17(32)26(50-12-6-4-11(47-3)5-7-12)54-23(24(33)34)22(20)53-25-14(28-10(2)29)15(30)19(56-60(41,42)43)13(51-25)8-48-58(35,36)37/h4-7,9,13-23,25-27,30-32H,8H2,1-3H3,(H,28,29)(H,33,34)(H,35,36,37)(H,38,39,40)(H,41,42,43)(H,44,45,46)/t9-,13+,14+,15+,16+,17+,18+,19-,20+,21-,22-,23-,25-,26+,27-/m0/s1. The number of nitrogens with one attached hydrogen (secondary N) is 1. The van der Waals surface area contributed by atoms with E-state index in [0.717, 1.165) is 13.8 Å². The van der Waals surface area contributed by atoms with Crippen molar-refractivity contribution in [1.82, 2.24) is 5.32 Å². The van der Waals surface area contributed by atoms with Crippen LogP contribution in [0.2, 0.25) is 0 Å². The maximum Gasteiger partial charge on any atom is 0.397 e. The minimum atomic E-state index is -5.68. The second-order valence-electron chi connectivity index (χ2n) is 12.9. The van der Waals surface area contributed by atoms with E-state index in [1.165, 1.54) is 31.4 Å². The molecule has 0 aliphatic carbocycles. The van der Waals surface area contributed by atoms with Gasteiger partial charge < -0.3 is 58.9 Å². The lowest BCUT2D eigenvalue weighted by atomic mass is 9.94. The van der Waals surface area contributed by atoms with Gasteiger partial charge in [0.2, 0.25) is 12.2 Å². The molecule has 350 valence electrons. The SMILES string of the molecule is COc1ccc(O[C@@H]2O[C@H](C(=O)O)[C@@H](O[C@@H]3O[C@H](COS(=O)(=O)O)[C@H](OS(=O)(=O)O)[C@H](O)[C@H]3NC(C)=O)[C@H](O[C@@H]3O[C@@H](C)[C@@H](OS(=O)(=O)O)[C@@H](O)[C@@H]3OS(=O)(=O)O)[C@H]2O)cc1. The number of hydrogen-bond acceptors (Lipinski definition) is 24. The van der Waals surface area contributed by atoms with E-state index in [0.29, 0.717) is 5.75 Å². The van der Waals surface area contributed by atoms with E-state index in [2.05, 4.69) is 22.0 Å². The number of carboxylic acids is 1. The topological polar surface area (TPSA) is 446 Å². The van der Waals surface area contributed by atoms with Crippen LogP contribution in [0.4, 0.5) is 0 Å². The first-order valence-electron chi connectivity index (χ1n) is 16.7. The van der Waals surface area contributed by atoms with E-state index < -0.39 is 152 Å². The number of methoxy groups -OCH3 is 1. The van der Waals surface area contributed by atoms with Crippen LogP contribution in [0.25, 0.3) is 0 Å². The second kappa shape index (κ2) is 19.8. The van der Waals surface area contributed by atoms with Crippen LogP contribution in [0, 0.1) is 0 Å². The lowest BCUT2D eigenvalue weighted by molar-refractivity contribution is -0.365. The van der Waals surface area contributed by atoms with Gasteiger partial charge in [-0.2, -0.15) is 33.7 Å². The zero-order valence-electron chi connectivity index (χ0n) is 31.0. The summed E-state index contributed by atoms with van der Waals surface area (Å²) in [4.78, 5) is 25.2. The van der Waals surface area contributed by atoms with E-state index in [-0.39, 0.29) is 5.75 Å². The third kappa shape index (κ3) is 14.2. The first-order valence-corrected chi connectivity index (χ1v) is 22.1. The average Bonchev–Trinajstić information content (AvgIpc) is 3.11. The third-order valence-electron chi connectivity index (χ3n) is 8.53. The monoisotopic (exact) mass is 969 g/mol. The highest BCUT2D eigenvalue weighted by Crippen LogP contribution is 2.36. The molecular formula is C27H39NO29S4. The number of carbonyl (C=O) groups excluding carboxylic acids is 1. The molecule has 3 aliphatic heterocycles. The largest absolute Gasteiger partial charge is 0.497 e. The molecule has 61 heavy (non-hydrogen) atoms. The van der Waals surface area contributed by atoms with Gasteiger partial charge in [0.1, 0.15) is 66.4 Å². The summed E-state index contributed by atoms with van der Waals surface area (Å²) in [6.45, 7) is 0.343. The van der Waals surface area contributed by atoms with Crippen molar-refractivity contribution in [2.45, 2.75) is 106 Å². The summed E-state index contributed by atoms with van der Waals surface area (Å²) in [6, 6.07) is 3.09. The van der Waals surface area contributed by atoms with Gasteiger partial charge in [-0.05, 0) is 31.2 Å². The van der Waals surface area contributed by atoms with Crippen LogP contribution < -0.4 is 14.8 Å². The van der Waals surface area contributed by atoms with Gasteiger partial charge in [-0.1, -0.05) is 0 Å². The Bertz CT molecular complexity index is 2140. The van der Waals surface area contributed by atoms with E-state index in [1.807, 2.05) is 0 Å². The molecule has 0 spiro atoms. The fraction of sp³-hybridized carbons (Fsp3) is 0.704. The molecule has 3 fully saturated rings. The Morgan fingerprint density at radius 1 is 0.656 bits per heavy atom. The van der Waals surface area contributed by atoms with Crippen molar-refractivity contribution in [3.8, 4) is 11.5 Å². The van der Waals surface area contributed by atoms with Gasteiger partial charge in [0.15, 0.2) is 24.8 Å². The highest BCUT2D eigenvalue weighted by Gasteiger charge is 2.58. The zero-order valence-corrected chi connectivity index (χ0v) is 34.2. The molecule has 4 rings (SSSR count). The molecule has 1 amide bonds. The number of ether oxygens (including phenoxy) is 7. The van der Waals surface area contributed by atoms with Crippen molar-refractivity contribution in [3.05, 3.63) is 24.3 Å². The van der Waals surface area contributed by atoms with Crippen LogP contribution in [-0.2, 0) is 91.6 Å². The maximum absolute atomic E-state index is 12.9. The smallest absolute Gasteiger partial charge is 0.397 e. The number of amides is 1. The Balaban J connectivity index is 1.84. The lowest BCUT2D eigenvalue weighted by Gasteiger charge is -2.49. The number of rotatable bonds is 18.